The highest BCUT2D eigenvalue weighted by Gasteiger charge is 2.17. The van der Waals surface area contributed by atoms with Crippen LogP contribution >= 0.6 is 0 Å². The Labute approximate surface area is 188 Å². The fraction of sp³-hybridized carbons (Fsp3) is 0.320. The minimum absolute atomic E-state index is 0.0783. The number of carbonyl (C=O) groups excluding carboxylic acids is 1. The van der Waals surface area contributed by atoms with Crippen molar-refractivity contribution < 1.29 is 14.6 Å². The number of benzene rings is 2. The average molecular weight is 435 g/mol. The van der Waals surface area contributed by atoms with Crippen LogP contribution in [-0.2, 0) is 17.7 Å². The van der Waals surface area contributed by atoms with E-state index in [1.165, 1.54) is 0 Å². The molecule has 0 bridgehead atoms. The number of aryl methyl sites for hydroxylation is 1. The van der Waals surface area contributed by atoms with Crippen LogP contribution in [0.15, 0.2) is 72.9 Å². The Hall–Kier alpha value is -3.29. The number of anilines is 1. The van der Waals surface area contributed by atoms with Crippen LogP contribution < -0.4 is 5.32 Å². The topological polar surface area (TPSA) is 89.3 Å². The second-order valence-electron chi connectivity index (χ2n) is 7.62. The summed E-state index contributed by atoms with van der Waals surface area (Å²) in [6.07, 6.45) is 7.39. The summed E-state index contributed by atoms with van der Waals surface area (Å²) in [5, 5.41) is 20.0. The van der Waals surface area contributed by atoms with Crippen molar-refractivity contribution in [1.82, 2.24) is 15.0 Å². The second-order valence-corrected chi connectivity index (χ2v) is 7.62. The number of ether oxygens (including phenoxy) is 1. The Morgan fingerprint density at radius 2 is 1.94 bits per heavy atom. The molecule has 7 nitrogen and oxygen atoms in total. The smallest absolute Gasteiger partial charge is 0.255 e. The molecule has 2 N–H and O–H groups in total. The molecule has 0 aliphatic heterocycles. The van der Waals surface area contributed by atoms with Crippen molar-refractivity contribution in [2.45, 2.75) is 32.4 Å². The molecular formula is C25H30N4O3. The van der Waals surface area contributed by atoms with Crippen molar-refractivity contribution in [1.29, 1.82) is 0 Å². The predicted octanol–water partition coefficient (Wildman–Crippen LogP) is 4.04. The van der Waals surface area contributed by atoms with Gasteiger partial charge in [-0.15, -0.1) is 5.10 Å². The summed E-state index contributed by atoms with van der Waals surface area (Å²) in [6, 6.07) is 16.9. The van der Waals surface area contributed by atoms with Crippen LogP contribution in [0, 0.1) is 5.92 Å². The third kappa shape index (κ3) is 6.60. The van der Waals surface area contributed by atoms with Crippen molar-refractivity contribution in [3.63, 3.8) is 0 Å². The quantitative estimate of drug-likeness (QED) is 0.445. The maximum absolute atomic E-state index is 12.3. The molecule has 0 radical (unpaired) electrons. The summed E-state index contributed by atoms with van der Waals surface area (Å²) in [7, 11) is 1.71. The lowest BCUT2D eigenvalue weighted by molar-refractivity contribution is 0.0741. The molecule has 7 heteroatoms. The van der Waals surface area contributed by atoms with E-state index in [9.17, 15) is 4.79 Å². The number of carbonyl (C=O) groups is 1. The van der Waals surface area contributed by atoms with Gasteiger partial charge < -0.3 is 15.2 Å². The molecule has 2 atom stereocenters. The van der Waals surface area contributed by atoms with Gasteiger partial charge >= 0.3 is 0 Å². The van der Waals surface area contributed by atoms with Crippen LogP contribution in [0.5, 0.6) is 0 Å². The highest BCUT2D eigenvalue weighted by Crippen LogP contribution is 2.27. The van der Waals surface area contributed by atoms with E-state index >= 15 is 0 Å². The van der Waals surface area contributed by atoms with Crippen LogP contribution in [-0.4, -0.2) is 39.7 Å². The minimum Gasteiger partial charge on any atom is -0.396 e. The van der Waals surface area contributed by atoms with Gasteiger partial charge in [-0.05, 0) is 36.2 Å². The number of hydrogen-bond acceptors (Lipinski definition) is 5. The predicted molar refractivity (Wildman–Crippen MR) is 124 cm³/mol. The molecular weight excluding hydrogens is 404 g/mol. The van der Waals surface area contributed by atoms with Crippen LogP contribution in [0.25, 0.3) is 0 Å². The monoisotopic (exact) mass is 434 g/mol. The van der Waals surface area contributed by atoms with Gasteiger partial charge in [0, 0.05) is 50.0 Å². The van der Waals surface area contributed by atoms with E-state index in [0.717, 1.165) is 29.9 Å². The lowest BCUT2D eigenvalue weighted by Gasteiger charge is -2.21. The molecule has 1 amide bonds. The van der Waals surface area contributed by atoms with Crippen LogP contribution in [0.2, 0.25) is 0 Å². The summed E-state index contributed by atoms with van der Waals surface area (Å²) in [4.78, 5) is 12.3. The first kappa shape index (κ1) is 23.4. The number of aliphatic hydroxyl groups is 1. The molecule has 0 aliphatic carbocycles. The Morgan fingerprint density at radius 3 is 2.62 bits per heavy atom. The Balaban J connectivity index is 1.53. The summed E-state index contributed by atoms with van der Waals surface area (Å²) in [6.45, 7) is 2.93. The largest absolute Gasteiger partial charge is 0.396 e. The maximum Gasteiger partial charge on any atom is 0.255 e. The van der Waals surface area contributed by atoms with Gasteiger partial charge in [-0.3, -0.25) is 9.48 Å². The molecule has 0 saturated carbocycles. The maximum atomic E-state index is 12.3. The average Bonchev–Trinajstić information content (AvgIpc) is 3.26. The van der Waals surface area contributed by atoms with E-state index in [1.807, 2.05) is 48.7 Å². The first-order chi connectivity index (χ1) is 15.6. The number of hydrogen-bond donors (Lipinski definition) is 2. The lowest BCUT2D eigenvalue weighted by atomic mass is 9.96. The fourth-order valence-electron chi connectivity index (χ4n) is 3.50. The van der Waals surface area contributed by atoms with Crippen LogP contribution in [0.4, 0.5) is 5.69 Å². The molecule has 32 heavy (non-hydrogen) atoms. The minimum atomic E-state index is -0.131. The van der Waals surface area contributed by atoms with Gasteiger partial charge in [0.1, 0.15) is 0 Å². The van der Waals surface area contributed by atoms with Crippen molar-refractivity contribution in [3.05, 3.63) is 89.8 Å². The van der Waals surface area contributed by atoms with E-state index in [0.29, 0.717) is 12.0 Å². The van der Waals surface area contributed by atoms with E-state index in [-0.39, 0.29) is 24.5 Å². The van der Waals surface area contributed by atoms with Crippen molar-refractivity contribution in [2.24, 2.45) is 5.92 Å². The van der Waals surface area contributed by atoms with Gasteiger partial charge in [-0.25, -0.2) is 0 Å². The molecule has 3 aromatic rings. The number of aliphatic hydroxyl groups excluding tert-OH is 1. The Kier molecular flexibility index (Phi) is 8.71. The third-order valence-electron chi connectivity index (χ3n) is 5.18. The summed E-state index contributed by atoms with van der Waals surface area (Å²) in [5.41, 5.74) is 3.22. The molecule has 0 unspecified atom stereocenters. The number of rotatable bonds is 11. The van der Waals surface area contributed by atoms with Crippen molar-refractivity contribution in [2.75, 3.05) is 19.0 Å². The van der Waals surface area contributed by atoms with Gasteiger partial charge in [0.05, 0.1) is 11.8 Å². The molecule has 2 aromatic carbocycles. The molecule has 168 valence electrons. The molecule has 0 fully saturated rings. The zero-order valence-corrected chi connectivity index (χ0v) is 18.5. The molecule has 1 aromatic heterocycles. The van der Waals surface area contributed by atoms with E-state index in [4.69, 9.17) is 9.84 Å². The number of nitrogens with zero attached hydrogens (tertiary/aromatic N) is 3. The highest BCUT2D eigenvalue weighted by molar-refractivity contribution is 6.04. The summed E-state index contributed by atoms with van der Waals surface area (Å²) >= 11 is 0. The van der Waals surface area contributed by atoms with Gasteiger partial charge in [-0.2, -0.15) is 0 Å². The van der Waals surface area contributed by atoms with Gasteiger partial charge in [-0.1, -0.05) is 54.6 Å². The zero-order chi connectivity index (χ0) is 22.8. The molecule has 0 spiro atoms. The normalized spacial score (nSPS) is 13.2. The van der Waals surface area contributed by atoms with Crippen molar-refractivity contribution in [3.8, 4) is 0 Å². The number of methoxy groups -OCH3 is 1. The Bertz CT molecular complexity index is 1000. The van der Waals surface area contributed by atoms with E-state index < -0.39 is 0 Å². The van der Waals surface area contributed by atoms with Gasteiger partial charge in [0.2, 0.25) is 0 Å². The van der Waals surface area contributed by atoms with Gasteiger partial charge in [0.25, 0.3) is 5.91 Å². The molecule has 0 aliphatic rings. The standard InChI is InChI=1S/C25H30N4O3/c1-19(8-6-7-16-29-18-23(15-17-30)27-28-29)24(32-2)20-11-13-22(14-12-20)26-25(31)21-9-4-3-5-10-21/h3-6,8-14,18-19,24,30H,7,15-17H2,1-2H3,(H,26,31)/b8-6+/t19-,24+/m0/s1. The van der Waals surface area contributed by atoms with Crippen LogP contribution in [0.3, 0.4) is 0 Å². The number of amides is 1. The lowest BCUT2D eigenvalue weighted by Crippen LogP contribution is -2.13. The van der Waals surface area contributed by atoms with E-state index in [2.05, 4.69) is 34.7 Å². The first-order valence-electron chi connectivity index (χ1n) is 10.8. The molecule has 0 saturated heterocycles. The SMILES string of the molecule is CO[C@@H](c1ccc(NC(=O)c2ccccc2)cc1)[C@@H](C)/C=C/CCn1cc(CCO)nn1. The number of nitrogens with one attached hydrogen (secondary N) is 1. The first-order valence-corrected chi connectivity index (χ1v) is 10.8. The van der Waals surface area contributed by atoms with Crippen LogP contribution in [0.1, 0.15) is 41.1 Å². The van der Waals surface area contributed by atoms with E-state index in [1.54, 1.807) is 23.9 Å². The summed E-state index contributed by atoms with van der Waals surface area (Å²) in [5.74, 6) is 0.0410. The molecule has 1 heterocycles. The highest BCUT2D eigenvalue weighted by atomic mass is 16.5. The van der Waals surface area contributed by atoms with Gasteiger partial charge in [0.15, 0.2) is 0 Å². The third-order valence-corrected chi connectivity index (χ3v) is 5.18. The summed E-state index contributed by atoms with van der Waals surface area (Å²) < 4.78 is 7.53. The second kappa shape index (κ2) is 11.9. The zero-order valence-electron chi connectivity index (χ0n) is 18.5. The number of aromatic nitrogens is 3. The number of allylic oxidation sites excluding steroid dienone is 1. The molecule has 3 rings (SSSR count). The fourth-order valence-corrected chi connectivity index (χ4v) is 3.50. The Morgan fingerprint density at radius 1 is 1.19 bits per heavy atom. The van der Waals surface area contributed by atoms with Crippen molar-refractivity contribution >= 4 is 11.6 Å².